The van der Waals surface area contributed by atoms with Crippen molar-refractivity contribution in [2.45, 2.75) is 32.9 Å². The van der Waals surface area contributed by atoms with Gasteiger partial charge in [-0.15, -0.1) is 0 Å². The molecule has 34 heavy (non-hydrogen) atoms. The molecule has 3 aromatic carbocycles. The molecule has 0 radical (unpaired) electrons. The van der Waals surface area contributed by atoms with Crippen LogP contribution in [0.5, 0.6) is 11.5 Å². The van der Waals surface area contributed by atoms with Gasteiger partial charge in [-0.25, -0.2) is 4.79 Å². The normalized spacial score (nSPS) is 14.3. The van der Waals surface area contributed by atoms with Crippen molar-refractivity contribution in [1.29, 1.82) is 0 Å². The van der Waals surface area contributed by atoms with Gasteiger partial charge in [-0.1, -0.05) is 23.8 Å². The number of amides is 1. The van der Waals surface area contributed by atoms with Crippen LogP contribution in [-0.4, -0.2) is 36.7 Å². The number of aryl methyl sites for hydroxylation is 1. The largest absolute Gasteiger partial charge is 0.496 e. The molecule has 0 saturated heterocycles. The first kappa shape index (κ1) is 23.3. The van der Waals surface area contributed by atoms with Crippen molar-refractivity contribution >= 4 is 23.3 Å². The maximum absolute atomic E-state index is 12.8. The molecule has 7 heteroatoms. The van der Waals surface area contributed by atoms with E-state index in [4.69, 9.17) is 9.47 Å². The molecule has 1 aliphatic heterocycles. The lowest BCUT2D eigenvalue weighted by Crippen LogP contribution is -2.52. The number of methoxy groups -OCH3 is 1. The van der Waals surface area contributed by atoms with E-state index in [2.05, 4.69) is 5.32 Å². The molecule has 0 spiro atoms. The Morgan fingerprint density at radius 3 is 2.50 bits per heavy atom. The zero-order valence-corrected chi connectivity index (χ0v) is 19.9. The SMILES string of the molecule is COc1cc(OC(=O)c2cccc(C)c2)ccc1-c1ccc2c(c1CO)N(C)C(=O)C(C)(C)N2. The second-order valence-electron chi connectivity index (χ2n) is 8.88. The van der Waals surface area contributed by atoms with Gasteiger partial charge in [-0.05, 0) is 56.7 Å². The van der Waals surface area contributed by atoms with Crippen LogP contribution in [0, 0.1) is 6.92 Å². The van der Waals surface area contributed by atoms with Crippen LogP contribution in [-0.2, 0) is 11.4 Å². The van der Waals surface area contributed by atoms with Crippen LogP contribution in [0.3, 0.4) is 0 Å². The number of ether oxygens (including phenoxy) is 2. The van der Waals surface area contributed by atoms with E-state index in [-0.39, 0.29) is 12.5 Å². The van der Waals surface area contributed by atoms with Crippen LogP contribution in [0.4, 0.5) is 11.4 Å². The van der Waals surface area contributed by atoms with E-state index in [0.717, 1.165) is 16.8 Å². The average molecular weight is 461 g/mol. The topological polar surface area (TPSA) is 88.1 Å². The number of likely N-dealkylation sites (N-methyl/N-ethyl adjacent to an activating group) is 1. The number of aliphatic hydroxyl groups excluding tert-OH is 1. The molecule has 0 bridgehead atoms. The highest BCUT2D eigenvalue weighted by Gasteiger charge is 2.38. The summed E-state index contributed by atoms with van der Waals surface area (Å²) in [5.41, 5.74) is 4.08. The van der Waals surface area contributed by atoms with Gasteiger partial charge in [0.15, 0.2) is 0 Å². The molecule has 1 aliphatic rings. The summed E-state index contributed by atoms with van der Waals surface area (Å²) in [5, 5.41) is 13.5. The molecule has 1 amide bonds. The van der Waals surface area contributed by atoms with Crippen molar-refractivity contribution in [2.75, 3.05) is 24.4 Å². The van der Waals surface area contributed by atoms with Crippen LogP contribution in [0.15, 0.2) is 54.6 Å². The number of hydrogen-bond acceptors (Lipinski definition) is 6. The lowest BCUT2D eigenvalue weighted by atomic mass is 9.92. The lowest BCUT2D eigenvalue weighted by Gasteiger charge is -2.39. The van der Waals surface area contributed by atoms with Gasteiger partial charge in [0, 0.05) is 24.2 Å². The second kappa shape index (κ2) is 8.83. The number of carbonyl (C=O) groups is 2. The fourth-order valence-electron chi connectivity index (χ4n) is 4.34. The summed E-state index contributed by atoms with van der Waals surface area (Å²) in [4.78, 5) is 27.0. The Bertz CT molecular complexity index is 1280. The Balaban J connectivity index is 1.73. The Morgan fingerprint density at radius 1 is 1.09 bits per heavy atom. The van der Waals surface area contributed by atoms with Crippen LogP contribution in [0.2, 0.25) is 0 Å². The van der Waals surface area contributed by atoms with Gasteiger partial charge in [-0.3, -0.25) is 4.79 Å². The molecule has 0 aromatic heterocycles. The van der Waals surface area contributed by atoms with E-state index in [1.807, 2.05) is 39.0 Å². The highest BCUT2D eigenvalue weighted by molar-refractivity contribution is 6.08. The minimum Gasteiger partial charge on any atom is -0.496 e. The molecule has 0 atom stereocenters. The zero-order chi connectivity index (χ0) is 24.6. The smallest absolute Gasteiger partial charge is 0.343 e. The predicted molar refractivity (Wildman–Crippen MR) is 132 cm³/mol. The first-order valence-electron chi connectivity index (χ1n) is 11.0. The molecule has 0 unspecified atom stereocenters. The average Bonchev–Trinajstić information content (AvgIpc) is 2.81. The van der Waals surface area contributed by atoms with Gasteiger partial charge < -0.3 is 24.8 Å². The predicted octanol–water partition coefficient (Wildman–Crippen LogP) is 4.55. The number of aliphatic hydroxyl groups is 1. The molecular weight excluding hydrogens is 432 g/mol. The molecular formula is C27H28N2O5. The zero-order valence-electron chi connectivity index (χ0n) is 19.9. The molecule has 176 valence electrons. The van der Waals surface area contributed by atoms with E-state index < -0.39 is 11.5 Å². The summed E-state index contributed by atoms with van der Waals surface area (Å²) < 4.78 is 11.2. The quantitative estimate of drug-likeness (QED) is 0.429. The maximum atomic E-state index is 12.8. The summed E-state index contributed by atoms with van der Waals surface area (Å²) in [7, 11) is 3.24. The number of esters is 1. The van der Waals surface area contributed by atoms with Gasteiger partial charge in [0.2, 0.25) is 0 Å². The number of nitrogens with zero attached hydrogens (tertiary/aromatic N) is 1. The van der Waals surface area contributed by atoms with Crippen molar-refractivity contribution in [3.05, 3.63) is 71.3 Å². The van der Waals surface area contributed by atoms with Crippen molar-refractivity contribution in [3.63, 3.8) is 0 Å². The third-order valence-corrected chi connectivity index (χ3v) is 5.99. The Hall–Kier alpha value is -3.84. The van der Waals surface area contributed by atoms with Crippen molar-refractivity contribution in [3.8, 4) is 22.6 Å². The molecule has 0 fully saturated rings. The summed E-state index contributed by atoms with van der Waals surface area (Å²) in [6.45, 7) is 5.28. The van der Waals surface area contributed by atoms with E-state index >= 15 is 0 Å². The molecule has 4 rings (SSSR count). The highest BCUT2D eigenvalue weighted by atomic mass is 16.5. The second-order valence-corrected chi connectivity index (χ2v) is 8.88. The number of benzene rings is 3. The number of anilines is 2. The highest BCUT2D eigenvalue weighted by Crippen LogP contribution is 2.44. The molecule has 2 N–H and O–H groups in total. The summed E-state index contributed by atoms with van der Waals surface area (Å²) in [5.74, 6) is 0.253. The minimum atomic E-state index is -0.753. The van der Waals surface area contributed by atoms with Crippen LogP contribution in [0.25, 0.3) is 11.1 Å². The third-order valence-electron chi connectivity index (χ3n) is 5.99. The van der Waals surface area contributed by atoms with E-state index in [1.54, 1.807) is 48.3 Å². The number of nitrogens with one attached hydrogen (secondary N) is 1. The van der Waals surface area contributed by atoms with Gasteiger partial charge >= 0.3 is 5.97 Å². The summed E-state index contributed by atoms with van der Waals surface area (Å²) in [6.07, 6.45) is 0. The fourth-order valence-corrected chi connectivity index (χ4v) is 4.34. The van der Waals surface area contributed by atoms with Gasteiger partial charge in [-0.2, -0.15) is 0 Å². The number of fused-ring (bicyclic) bond motifs is 1. The monoisotopic (exact) mass is 460 g/mol. The Labute approximate surface area is 198 Å². The lowest BCUT2D eigenvalue weighted by molar-refractivity contribution is -0.121. The van der Waals surface area contributed by atoms with Crippen molar-refractivity contribution in [1.82, 2.24) is 0 Å². The Morgan fingerprint density at radius 2 is 1.82 bits per heavy atom. The summed E-state index contributed by atoms with van der Waals surface area (Å²) in [6, 6.07) is 16.1. The maximum Gasteiger partial charge on any atom is 0.343 e. The molecule has 7 nitrogen and oxygen atoms in total. The number of carbonyl (C=O) groups excluding carboxylic acids is 2. The van der Waals surface area contributed by atoms with Gasteiger partial charge in [0.1, 0.15) is 17.0 Å². The first-order chi connectivity index (χ1) is 16.2. The van der Waals surface area contributed by atoms with Crippen molar-refractivity contribution < 1.29 is 24.2 Å². The fraction of sp³-hybridized carbons (Fsp3) is 0.259. The third kappa shape index (κ3) is 4.10. The Kier molecular flexibility index (Phi) is 6.06. The van der Waals surface area contributed by atoms with E-state index in [9.17, 15) is 14.7 Å². The van der Waals surface area contributed by atoms with Crippen LogP contribution in [0.1, 0.15) is 35.3 Å². The number of hydrogen-bond donors (Lipinski definition) is 2. The molecule has 3 aromatic rings. The minimum absolute atomic E-state index is 0.0998. The molecule has 0 saturated carbocycles. The van der Waals surface area contributed by atoms with Crippen molar-refractivity contribution in [2.24, 2.45) is 0 Å². The van der Waals surface area contributed by atoms with E-state index in [1.165, 1.54) is 7.11 Å². The van der Waals surface area contributed by atoms with Gasteiger partial charge in [0.05, 0.1) is 30.7 Å². The number of rotatable bonds is 5. The standard InChI is InChI=1S/C27H28N2O5/c1-16-7-6-8-17(13-16)25(31)34-18-9-10-20(23(14-18)33-5)19-11-12-22-24(21(19)15-30)29(4)26(32)27(2,3)28-22/h6-14,28,30H,15H2,1-5H3. The van der Waals surface area contributed by atoms with E-state index in [0.29, 0.717) is 33.9 Å². The molecule has 1 heterocycles. The molecule has 0 aliphatic carbocycles. The van der Waals surface area contributed by atoms with Crippen LogP contribution < -0.4 is 19.7 Å². The van der Waals surface area contributed by atoms with Gasteiger partial charge in [0.25, 0.3) is 5.91 Å². The van der Waals surface area contributed by atoms with Crippen LogP contribution >= 0.6 is 0 Å². The first-order valence-corrected chi connectivity index (χ1v) is 11.0. The summed E-state index contributed by atoms with van der Waals surface area (Å²) >= 11 is 0.